The van der Waals surface area contributed by atoms with E-state index in [0.717, 1.165) is 33.8 Å². The lowest BCUT2D eigenvalue weighted by Crippen LogP contribution is -2.16. The maximum absolute atomic E-state index is 6.32. The number of aliphatic imine (C=N–C) groups is 1. The van der Waals surface area contributed by atoms with E-state index >= 15 is 0 Å². The molecule has 0 radical (unpaired) electrons. The molecule has 160 valence electrons. The summed E-state index contributed by atoms with van der Waals surface area (Å²) in [4.78, 5) is 4.77. The van der Waals surface area contributed by atoms with Gasteiger partial charge in [0.25, 0.3) is 0 Å². The van der Waals surface area contributed by atoms with E-state index < -0.39 is 0 Å². The molecule has 31 heavy (non-hydrogen) atoms. The van der Waals surface area contributed by atoms with Gasteiger partial charge in [-0.3, -0.25) is 4.99 Å². The maximum atomic E-state index is 6.32. The van der Waals surface area contributed by atoms with Crippen LogP contribution in [0.25, 0.3) is 0 Å². The van der Waals surface area contributed by atoms with Crippen molar-refractivity contribution in [3.8, 4) is 11.5 Å². The number of ether oxygens (including phenoxy) is 2. The third-order valence-electron chi connectivity index (χ3n) is 4.86. The van der Waals surface area contributed by atoms with E-state index in [1.807, 2.05) is 67.2 Å². The fourth-order valence-corrected chi connectivity index (χ4v) is 4.87. The van der Waals surface area contributed by atoms with Crippen LogP contribution in [0.5, 0.6) is 11.5 Å². The summed E-state index contributed by atoms with van der Waals surface area (Å²) in [6.07, 6.45) is 0. The van der Waals surface area contributed by atoms with Crippen molar-refractivity contribution in [3.63, 3.8) is 0 Å². The molecule has 1 heterocycles. The molecule has 0 saturated heterocycles. The lowest BCUT2D eigenvalue weighted by atomic mass is 10.0. The van der Waals surface area contributed by atoms with Gasteiger partial charge in [0, 0.05) is 10.7 Å². The molecule has 3 aromatic carbocycles. The van der Waals surface area contributed by atoms with Crippen molar-refractivity contribution in [1.29, 1.82) is 0 Å². The molecule has 0 aliphatic carbocycles. The van der Waals surface area contributed by atoms with Crippen LogP contribution < -0.4 is 14.8 Å². The second-order valence-corrected chi connectivity index (χ2v) is 8.54. The molecule has 0 unspecified atom stereocenters. The summed E-state index contributed by atoms with van der Waals surface area (Å²) < 4.78 is 11.5. The molecule has 0 fully saturated rings. The van der Waals surface area contributed by atoms with Crippen LogP contribution in [0.3, 0.4) is 0 Å². The first-order valence-electron chi connectivity index (χ1n) is 10.4. The van der Waals surface area contributed by atoms with Crippen LogP contribution in [-0.4, -0.2) is 31.3 Å². The van der Waals surface area contributed by atoms with Crippen molar-refractivity contribution >= 4 is 34.9 Å². The lowest BCUT2D eigenvalue weighted by Gasteiger charge is -2.17. The Morgan fingerprint density at radius 3 is 2.52 bits per heavy atom. The Morgan fingerprint density at radius 1 is 1.00 bits per heavy atom. The number of nitrogens with zero attached hydrogens (tertiary/aromatic N) is 1. The van der Waals surface area contributed by atoms with Gasteiger partial charge in [-0.05, 0) is 48.4 Å². The zero-order valence-corrected chi connectivity index (χ0v) is 19.0. The molecular weight excluding hydrogens is 428 g/mol. The van der Waals surface area contributed by atoms with Crippen LogP contribution in [0.2, 0.25) is 5.02 Å². The van der Waals surface area contributed by atoms with Crippen molar-refractivity contribution in [2.75, 3.05) is 30.8 Å². The molecule has 6 heteroatoms. The number of para-hydroxylation sites is 2. The molecule has 4 nitrogen and oxygen atoms in total. The average Bonchev–Trinajstić information content (AvgIpc) is 2.97. The van der Waals surface area contributed by atoms with Gasteiger partial charge in [0.05, 0.1) is 24.2 Å². The van der Waals surface area contributed by atoms with Gasteiger partial charge in [0.1, 0.15) is 12.4 Å². The lowest BCUT2D eigenvalue weighted by molar-refractivity contribution is 0.283. The molecule has 0 saturated carbocycles. The summed E-state index contributed by atoms with van der Waals surface area (Å²) >= 11 is 8.17. The Labute approximate surface area is 192 Å². The highest BCUT2D eigenvalue weighted by Gasteiger charge is 2.23. The quantitative estimate of drug-likeness (QED) is 0.417. The Balaban J connectivity index is 1.46. The van der Waals surface area contributed by atoms with Gasteiger partial charge in [0.2, 0.25) is 0 Å². The van der Waals surface area contributed by atoms with E-state index in [4.69, 9.17) is 26.1 Å². The highest BCUT2D eigenvalue weighted by atomic mass is 35.5. The summed E-state index contributed by atoms with van der Waals surface area (Å²) in [5, 5.41) is 4.45. The standard InChI is InChI=1S/C25H25ClN2O2S/c1-2-29-22-10-6-7-11-23(22)30-15-14-27-24-17-31-25(18-8-4-3-5-9-18)20-16-19(26)12-13-21(20)28-24/h3-13,16,25H,2,14-15,17H2,1H3,(H,27,28)/t25-/m0/s1. The van der Waals surface area contributed by atoms with Gasteiger partial charge in [-0.1, -0.05) is 54.1 Å². The van der Waals surface area contributed by atoms with E-state index in [9.17, 15) is 0 Å². The van der Waals surface area contributed by atoms with Gasteiger partial charge in [-0.25, -0.2) is 0 Å². The molecule has 0 bridgehead atoms. The molecule has 0 spiro atoms. The molecule has 0 amide bonds. The van der Waals surface area contributed by atoms with Crippen LogP contribution in [-0.2, 0) is 0 Å². The number of thioether (sulfide) groups is 1. The van der Waals surface area contributed by atoms with Crippen molar-refractivity contribution in [2.45, 2.75) is 12.2 Å². The average molecular weight is 453 g/mol. The largest absolute Gasteiger partial charge is 0.490 e. The molecule has 1 atom stereocenters. The minimum Gasteiger partial charge on any atom is -0.490 e. The third kappa shape index (κ3) is 5.54. The first-order valence-corrected chi connectivity index (χ1v) is 11.8. The van der Waals surface area contributed by atoms with Gasteiger partial charge >= 0.3 is 0 Å². The van der Waals surface area contributed by atoms with Crippen molar-refractivity contribution < 1.29 is 9.47 Å². The Bertz CT molecular complexity index is 1040. The number of rotatable bonds is 7. The van der Waals surface area contributed by atoms with Crippen molar-refractivity contribution in [1.82, 2.24) is 0 Å². The van der Waals surface area contributed by atoms with Crippen molar-refractivity contribution in [3.05, 3.63) is 88.9 Å². The van der Waals surface area contributed by atoms with E-state index in [2.05, 4.69) is 29.6 Å². The molecule has 3 aromatic rings. The molecule has 1 N–H and O–H groups in total. The Kier molecular flexibility index (Phi) is 7.39. The Hall–Kier alpha value is -2.63. The van der Waals surface area contributed by atoms with E-state index in [1.165, 1.54) is 11.1 Å². The minimum atomic E-state index is 0.199. The van der Waals surface area contributed by atoms with Gasteiger partial charge in [0.15, 0.2) is 11.5 Å². The summed E-state index contributed by atoms with van der Waals surface area (Å²) in [5.74, 6) is 3.23. The second-order valence-electron chi connectivity index (χ2n) is 7.01. The molecular formula is C25H25ClN2O2S. The summed E-state index contributed by atoms with van der Waals surface area (Å²) in [7, 11) is 0. The third-order valence-corrected chi connectivity index (χ3v) is 6.40. The first-order chi connectivity index (χ1) is 15.2. The molecule has 0 aromatic heterocycles. The van der Waals surface area contributed by atoms with E-state index in [0.29, 0.717) is 19.8 Å². The van der Waals surface area contributed by atoms with E-state index in [1.54, 1.807) is 0 Å². The number of benzene rings is 3. The van der Waals surface area contributed by atoms with Crippen LogP contribution in [0, 0.1) is 0 Å². The Morgan fingerprint density at radius 2 is 1.74 bits per heavy atom. The topological polar surface area (TPSA) is 42.9 Å². The number of fused-ring (bicyclic) bond motifs is 1. The van der Waals surface area contributed by atoms with Gasteiger partial charge in [-0.15, -0.1) is 11.8 Å². The first kappa shape index (κ1) is 21.6. The zero-order valence-electron chi connectivity index (χ0n) is 17.4. The number of halogens is 1. The number of hydrogen-bond donors (Lipinski definition) is 1. The zero-order chi connectivity index (χ0) is 21.5. The van der Waals surface area contributed by atoms with Gasteiger partial charge in [-0.2, -0.15) is 0 Å². The molecule has 1 aliphatic rings. The monoisotopic (exact) mass is 452 g/mol. The fourth-order valence-electron chi connectivity index (χ4n) is 3.48. The predicted octanol–water partition coefficient (Wildman–Crippen LogP) is 6.46. The summed E-state index contributed by atoms with van der Waals surface area (Å²) in [5.41, 5.74) is 3.48. The smallest absolute Gasteiger partial charge is 0.161 e. The number of nitrogens with one attached hydrogen (secondary N) is 1. The highest BCUT2D eigenvalue weighted by molar-refractivity contribution is 8.00. The second kappa shape index (κ2) is 10.6. The number of hydrogen-bond acceptors (Lipinski definition) is 4. The highest BCUT2D eigenvalue weighted by Crippen LogP contribution is 2.42. The van der Waals surface area contributed by atoms with Crippen LogP contribution in [0.4, 0.5) is 5.69 Å². The van der Waals surface area contributed by atoms with Crippen LogP contribution >= 0.6 is 23.4 Å². The maximum Gasteiger partial charge on any atom is 0.161 e. The molecule has 4 rings (SSSR count). The number of amidine groups is 1. The molecule has 1 aliphatic heterocycles. The number of anilines is 1. The minimum absolute atomic E-state index is 0.199. The van der Waals surface area contributed by atoms with Crippen LogP contribution in [0.1, 0.15) is 23.3 Å². The predicted molar refractivity (Wildman–Crippen MR) is 131 cm³/mol. The summed E-state index contributed by atoms with van der Waals surface area (Å²) in [6.45, 7) is 3.61. The van der Waals surface area contributed by atoms with Crippen molar-refractivity contribution in [2.24, 2.45) is 4.99 Å². The van der Waals surface area contributed by atoms with E-state index in [-0.39, 0.29) is 5.25 Å². The fraction of sp³-hybridized carbons (Fsp3) is 0.240. The SMILES string of the molecule is CCOc1ccccc1OCCN=C1CS[C@@H](c2ccccc2)c2cc(Cl)ccc2N1. The van der Waals surface area contributed by atoms with Crippen LogP contribution in [0.15, 0.2) is 77.8 Å². The van der Waals surface area contributed by atoms with Gasteiger partial charge < -0.3 is 14.8 Å². The summed E-state index contributed by atoms with van der Waals surface area (Å²) in [6, 6.07) is 24.2. The normalized spacial score (nSPS) is 16.8.